The van der Waals surface area contributed by atoms with E-state index in [4.69, 9.17) is 0 Å². The first-order valence-corrected chi connectivity index (χ1v) is 4.47. The average molecular weight is 216 g/mol. The van der Waals surface area contributed by atoms with Crippen LogP contribution in [0, 0.1) is 0 Å². The fourth-order valence-electron chi connectivity index (χ4n) is 1.10. The van der Waals surface area contributed by atoms with Gasteiger partial charge in [0, 0.05) is 0 Å². The van der Waals surface area contributed by atoms with E-state index in [2.05, 4.69) is 10.2 Å². The molecule has 0 saturated heterocycles. The van der Waals surface area contributed by atoms with Crippen molar-refractivity contribution < 1.29 is 0 Å². The van der Waals surface area contributed by atoms with Gasteiger partial charge in [-0.05, 0) is 24.3 Å². The van der Waals surface area contributed by atoms with Crippen molar-refractivity contribution >= 4 is 24.9 Å². The quantitative estimate of drug-likeness (QED) is 0.672. The molecule has 0 bridgehead atoms. The van der Waals surface area contributed by atoms with Crippen LogP contribution >= 0.6 is 13.5 Å². The summed E-state index contributed by atoms with van der Waals surface area (Å²) in [6, 6.07) is 19.4. The monoisotopic (exact) mass is 216 g/mol. The van der Waals surface area contributed by atoms with Gasteiger partial charge in [0.2, 0.25) is 0 Å². The van der Waals surface area contributed by atoms with Crippen molar-refractivity contribution in [1.82, 2.24) is 0 Å². The van der Waals surface area contributed by atoms with Crippen LogP contribution in [0.1, 0.15) is 0 Å². The van der Waals surface area contributed by atoms with Gasteiger partial charge >= 0.3 is 0 Å². The highest BCUT2D eigenvalue weighted by Gasteiger charge is 1.86. The SMILES string of the molecule is S.c1ccc(N=Nc2ccccc2)cc1. The van der Waals surface area contributed by atoms with Crippen LogP contribution in [0.5, 0.6) is 0 Å². The molecule has 0 atom stereocenters. The Morgan fingerprint density at radius 2 is 0.867 bits per heavy atom. The zero-order chi connectivity index (χ0) is 9.64. The number of nitrogens with zero attached hydrogens (tertiary/aromatic N) is 2. The third-order valence-corrected chi connectivity index (χ3v) is 1.79. The van der Waals surface area contributed by atoms with Crippen molar-refractivity contribution in [1.29, 1.82) is 0 Å². The molecule has 0 amide bonds. The first kappa shape index (κ1) is 11.5. The zero-order valence-electron chi connectivity index (χ0n) is 8.17. The lowest BCUT2D eigenvalue weighted by Crippen LogP contribution is -1.62. The molecule has 3 heteroatoms. The second-order valence-electron chi connectivity index (χ2n) is 2.87. The number of azo groups is 1. The van der Waals surface area contributed by atoms with Gasteiger partial charge in [0.15, 0.2) is 0 Å². The van der Waals surface area contributed by atoms with E-state index in [1.165, 1.54) is 0 Å². The van der Waals surface area contributed by atoms with Crippen LogP contribution in [0.2, 0.25) is 0 Å². The molecule has 2 aromatic carbocycles. The summed E-state index contributed by atoms with van der Waals surface area (Å²) in [6.07, 6.45) is 0. The summed E-state index contributed by atoms with van der Waals surface area (Å²) in [4.78, 5) is 0. The lowest BCUT2D eigenvalue weighted by atomic mass is 10.3. The van der Waals surface area contributed by atoms with Gasteiger partial charge in [-0.3, -0.25) is 0 Å². The molecule has 0 saturated carbocycles. The Labute approximate surface area is 96.1 Å². The minimum absolute atomic E-state index is 0. The van der Waals surface area contributed by atoms with Gasteiger partial charge in [-0.15, -0.1) is 0 Å². The Morgan fingerprint density at radius 3 is 1.20 bits per heavy atom. The Hall–Kier alpha value is -1.61. The smallest absolute Gasteiger partial charge is 0.0857 e. The molecule has 2 aromatic rings. The maximum atomic E-state index is 4.10. The molecule has 0 fully saturated rings. The topological polar surface area (TPSA) is 24.7 Å². The largest absolute Gasteiger partial charge is 0.197 e. The van der Waals surface area contributed by atoms with Gasteiger partial charge in [0.05, 0.1) is 11.4 Å². The minimum atomic E-state index is 0. The first-order chi connectivity index (χ1) is 6.95. The highest BCUT2D eigenvalue weighted by molar-refractivity contribution is 7.59. The second kappa shape index (κ2) is 5.98. The first-order valence-electron chi connectivity index (χ1n) is 4.47. The maximum absolute atomic E-state index is 4.10. The van der Waals surface area contributed by atoms with E-state index in [-0.39, 0.29) is 13.5 Å². The van der Waals surface area contributed by atoms with Crippen LogP contribution in [0.15, 0.2) is 70.9 Å². The van der Waals surface area contributed by atoms with E-state index in [1.54, 1.807) is 0 Å². The van der Waals surface area contributed by atoms with Crippen molar-refractivity contribution in [2.75, 3.05) is 0 Å². The van der Waals surface area contributed by atoms with E-state index in [1.807, 2.05) is 60.7 Å². The lowest BCUT2D eigenvalue weighted by molar-refractivity contribution is 1.23. The lowest BCUT2D eigenvalue weighted by Gasteiger charge is -1.91. The Kier molecular flexibility index (Phi) is 4.57. The highest BCUT2D eigenvalue weighted by Crippen LogP contribution is 2.16. The molecule has 15 heavy (non-hydrogen) atoms. The van der Waals surface area contributed by atoms with E-state index in [0.717, 1.165) is 11.4 Å². The maximum Gasteiger partial charge on any atom is 0.0857 e. The van der Waals surface area contributed by atoms with E-state index in [0.29, 0.717) is 0 Å². The number of hydrogen-bond acceptors (Lipinski definition) is 2. The van der Waals surface area contributed by atoms with Gasteiger partial charge in [0.25, 0.3) is 0 Å². The van der Waals surface area contributed by atoms with Crippen molar-refractivity contribution in [3.8, 4) is 0 Å². The zero-order valence-corrected chi connectivity index (χ0v) is 9.17. The van der Waals surface area contributed by atoms with Crippen LogP contribution in [0.3, 0.4) is 0 Å². The molecule has 0 N–H and O–H groups in total. The van der Waals surface area contributed by atoms with E-state index < -0.39 is 0 Å². The Bertz CT molecular complexity index is 371. The van der Waals surface area contributed by atoms with E-state index in [9.17, 15) is 0 Å². The summed E-state index contributed by atoms with van der Waals surface area (Å²) in [5.74, 6) is 0. The number of hydrogen-bond donors (Lipinski definition) is 0. The molecule has 0 aliphatic carbocycles. The summed E-state index contributed by atoms with van der Waals surface area (Å²) >= 11 is 0. The molecule has 0 heterocycles. The average Bonchev–Trinajstić information content (AvgIpc) is 2.29. The van der Waals surface area contributed by atoms with Crippen LogP contribution in [-0.2, 0) is 0 Å². The van der Waals surface area contributed by atoms with Crippen molar-refractivity contribution in [3.05, 3.63) is 60.7 Å². The fourth-order valence-corrected chi connectivity index (χ4v) is 1.10. The van der Waals surface area contributed by atoms with Gasteiger partial charge in [-0.25, -0.2) is 0 Å². The normalized spacial score (nSPS) is 9.87. The Morgan fingerprint density at radius 1 is 0.533 bits per heavy atom. The summed E-state index contributed by atoms with van der Waals surface area (Å²) in [7, 11) is 0. The third-order valence-electron chi connectivity index (χ3n) is 1.79. The molecule has 0 aromatic heterocycles. The molecule has 2 nitrogen and oxygen atoms in total. The molecular formula is C12H12N2S. The van der Waals surface area contributed by atoms with Gasteiger partial charge in [-0.1, -0.05) is 36.4 Å². The molecule has 2 rings (SSSR count). The molecule has 0 radical (unpaired) electrons. The third kappa shape index (κ3) is 3.56. The summed E-state index contributed by atoms with van der Waals surface area (Å²) in [6.45, 7) is 0. The molecule has 0 aliphatic heterocycles. The van der Waals surface area contributed by atoms with Crippen LogP contribution in [-0.4, -0.2) is 0 Å². The standard InChI is InChI=1S/C12H10N2.H2S/c1-3-7-11(8-4-1)13-14-12-9-5-2-6-10-12;/h1-10H;1H2. The molecule has 0 spiro atoms. The molecule has 0 aliphatic rings. The molecule has 0 unspecified atom stereocenters. The molecule has 76 valence electrons. The number of rotatable bonds is 2. The van der Waals surface area contributed by atoms with Crippen LogP contribution < -0.4 is 0 Å². The summed E-state index contributed by atoms with van der Waals surface area (Å²) in [5, 5.41) is 8.20. The van der Waals surface area contributed by atoms with Gasteiger partial charge < -0.3 is 0 Å². The predicted molar refractivity (Wildman–Crippen MR) is 67.4 cm³/mol. The molecular weight excluding hydrogens is 204 g/mol. The van der Waals surface area contributed by atoms with Gasteiger partial charge in [0.1, 0.15) is 0 Å². The van der Waals surface area contributed by atoms with Crippen LogP contribution in [0.25, 0.3) is 0 Å². The fraction of sp³-hybridized carbons (Fsp3) is 0. The minimum Gasteiger partial charge on any atom is -0.197 e. The Balaban J connectivity index is 0.00000112. The van der Waals surface area contributed by atoms with Crippen molar-refractivity contribution in [2.24, 2.45) is 10.2 Å². The van der Waals surface area contributed by atoms with Crippen molar-refractivity contribution in [2.45, 2.75) is 0 Å². The van der Waals surface area contributed by atoms with Crippen LogP contribution in [0.4, 0.5) is 11.4 Å². The second-order valence-corrected chi connectivity index (χ2v) is 2.87. The predicted octanol–water partition coefficient (Wildman–Crippen LogP) is 4.21. The van der Waals surface area contributed by atoms with E-state index >= 15 is 0 Å². The van der Waals surface area contributed by atoms with Gasteiger partial charge in [-0.2, -0.15) is 23.7 Å². The summed E-state index contributed by atoms with van der Waals surface area (Å²) in [5.41, 5.74) is 1.74. The highest BCUT2D eigenvalue weighted by atomic mass is 32.1. The van der Waals surface area contributed by atoms with Crippen molar-refractivity contribution in [3.63, 3.8) is 0 Å². The number of benzene rings is 2. The summed E-state index contributed by atoms with van der Waals surface area (Å²) < 4.78 is 0.